The van der Waals surface area contributed by atoms with Gasteiger partial charge in [-0.2, -0.15) is 5.10 Å². The molecule has 0 fully saturated rings. The summed E-state index contributed by atoms with van der Waals surface area (Å²) in [6.07, 6.45) is 0. The Kier molecular flexibility index (Phi) is 3.02. The lowest BCUT2D eigenvalue weighted by molar-refractivity contribution is 0.328. The number of aromatic amines is 2. The Labute approximate surface area is 91.5 Å². The highest BCUT2D eigenvalue weighted by molar-refractivity contribution is 5.56. The summed E-state index contributed by atoms with van der Waals surface area (Å²) < 4.78 is 5.37. The maximum Gasteiger partial charge on any atom is 0.340 e. The van der Waals surface area contributed by atoms with Gasteiger partial charge in [0.15, 0.2) is 5.82 Å². The Bertz CT molecular complexity index is 517. The van der Waals surface area contributed by atoms with E-state index in [-0.39, 0.29) is 5.69 Å². The van der Waals surface area contributed by atoms with Gasteiger partial charge in [-0.25, -0.2) is 9.89 Å². The number of nitrogens with zero attached hydrogens (tertiary/aromatic N) is 1. The Morgan fingerprint density at radius 1 is 1.44 bits per heavy atom. The number of hydrogen-bond acceptors (Lipinski definition) is 4. The maximum absolute atomic E-state index is 10.9. The molecule has 2 aromatic rings. The summed E-state index contributed by atoms with van der Waals surface area (Å²) in [5.41, 5.74) is 5.79. The fourth-order valence-electron chi connectivity index (χ4n) is 1.32. The molecule has 0 aliphatic carbocycles. The molecule has 6 heteroatoms. The van der Waals surface area contributed by atoms with E-state index >= 15 is 0 Å². The van der Waals surface area contributed by atoms with Crippen LogP contribution >= 0.6 is 0 Å². The Morgan fingerprint density at radius 2 is 2.31 bits per heavy atom. The molecule has 2 rings (SSSR count). The van der Waals surface area contributed by atoms with Gasteiger partial charge in [-0.1, -0.05) is 12.1 Å². The number of benzene rings is 1. The van der Waals surface area contributed by atoms with E-state index in [0.29, 0.717) is 24.7 Å². The second kappa shape index (κ2) is 4.63. The van der Waals surface area contributed by atoms with Crippen LogP contribution in [0.2, 0.25) is 0 Å². The molecule has 0 saturated carbocycles. The predicted octanol–water partition coefficient (Wildman–Crippen LogP) is 0.102. The van der Waals surface area contributed by atoms with Crippen molar-refractivity contribution >= 4 is 0 Å². The normalized spacial score (nSPS) is 10.3. The monoisotopic (exact) mass is 220 g/mol. The van der Waals surface area contributed by atoms with Gasteiger partial charge in [0.25, 0.3) is 0 Å². The van der Waals surface area contributed by atoms with Crippen molar-refractivity contribution in [2.75, 3.05) is 13.2 Å². The van der Waals surface area contributed by atoms with E-state index in [4.69, 9.17) is 10.5 Å². The SMILES string of the molecule is NCCOc1cccc(-c2n[nH]c(=O)[nH]2)c1. The molecular formula is C10H12N4O2. The summed E-state index contributed by atoms with van der Waals surface area (Å²) in [5, 5.41) is 6.14. The zero-order chi connectivity index (χ0) is 11.4. The molecule has 0 amide bonds. The zero-order valence-electron chi connectivity index (χ0n) is 8.56. The lowest BCUT2D eigenvalue weighted by atomic mass is 10.2. The van der Waals surface area contributed by atoms with E-state index in [0.717, 1.165) is 5.56 Å². The first-order valence-electron chi connectivity index (χ1n) is 4.87. The molecule has 16 heavy (non-hydrogen) atoms. The smallest absolute Gasteiger partial charge is 0.340 e. The Morgan fingerprint density at radius 3 is 3.00 bits per heavy atom. The number of nitrogens with two attached hydrogens (primary N) is 1. The van der Waals surface area contributed by atoms with Gasteiger partial charge in [0.05, 0.1) is 0 Å². The maximum atomic E-state index is 10.9. The average molecular weight is 220 g/mol. The first-order chi connectivity index (χ1) is 7.79. The van der Waals surface area contributed by atoms with Crippen molar-refractivity contribution in [3.8, 4) is 17.1 Å². The van der Waals surface area contributed by atoms with Gasteiger partial charge in [0.2, 0.25) is 0 Å². The van der Waals surface area contributed by atoms with Crippen molar-refractivity contribution in [1.29, 1.82) is 0 Å². The van der Waals surface area contributed by atoms with Crippen molar-refractivity contribution in [3.63, 3.8) is 0 Å². The second-order valence-electron chi connectivity index (χ2n) is 3.19. The molecular weight excluding hydrogens is 208 g/mol. The van der Waals surface area contributed by atoms with Crippen molar-refractivity contribution in [1.82, 2.24) is 15.2 Å². The van der Waals surface area contributed by atoms with E-state index in [1.54, 1.807) is 6.07 Å². The standard InChI is InChI=1S/C10H12N4O2/c11-4-5-16-8-3-1-2-7(6-8)9-12-10(15)14-13-9/h1-3,6H,4-5,11H2,(H2,12,13,14,15). The number of ether oxygens (including phenoxy) is 1. The highest BCUT2D eigenvalue weighted by Crippen LogP contribution is 2.19. The number of nitrogens with one attached hydrogen (secondary N) is 2. The highest BCUT2D eigenvalue weighted by atomic mass is 16.5. The van der Waals surface area contributed by atoms with Crippen LogP contribution in [0.3, 0.4) is 0 Å². The first kappa shape index (κ1) is 10.4. The minimum absolute atomic E-state index is 0.330. The molecule has 84 valence electrons. The molecule has 0 aliphatic heterocycles. The number of aromatic nitrogens is 3. The van der Waals surface area contributed by atoms with Gasteiger partial charge in [0, 0.05) is 12.1 Å². The van der Waals surface area contributed by atoms with Crippen LogP contribution in [0.5, 0.6) is 5.75 Å². The summed E-state index contributed by atoms with van der Waals surface area (Å²) in [6, 6.07) is 7.28. The van der Waals surface area contributed by atoms with Crippen LogP contribution in [0.1, 0.15) is 0 Å². The molecule has 0 saturated heterocycles. The minimum Gasteiger partial charge on any atom is -0.492 e. The Hall–Kier alpha value is -2.08. The fourth-order valence-corrected chi connectivity index (χ4v) is 1.32. The van der Waals surface area contributed by atoms with Gasteiger partial charge < -0.3 is 10.5 Å². The quantitative estimate of drug-likeness (QED) is 0.680. The Balaban J connectivity index is 2.25. The molecule has 6 nitrogen and oxygen atoms in total. The van der Waals surface area contributed by atoms with Gasteiger partial charge in [0.1, 0.15) is 12.4 Å². The molecule has 0 aliphatic rings. The molecule has 0 spiro atoms. The van der Waals surface area contributed by atoms with E-state index < -0.39 is 0 Å². The van der Waals surface area contributed by atoms with Gasteiger partial charge in [-0.3, -0.25) is 4.98 Å². The van der Waals surface area contributed by atoms with E-state index in [2.05, 4.69) is 15.2 Å². The number of H-pyrrole nitrogens is 2. The largest absolute Gasteiger partial charge is 0.492 e. The van der Waals surface area contributed by atoms with Crippen molar-refractivity contribution < 1.29 is 4.74 Å². The summed E-state index contributed by atoms with van der Waals surface area (Å²) >= 11 is 0. The van der Waals surface area contributed by atoms with E-state index in [9.17, 15) is 4.79 Å². The predicted molar refractivity (Wildman–Crippen MR) is 59.2 cm³/mol. The summed E-state index contributed by atoms with van der Waals surface area (Å²) in [5.74, 6) is 1.19. The van der Waals surface area contributed by atoms with Gasteiger partial charge >= 0.3 is 5.69 Å². The molecule has 0 atom stereocenters. The summed E-state index contributed by atoms with van der Waals surface area (Å²) in [4.78, 5) is 13.5. The van der Waals surface area contributed by atoms with Crippen LogP contribution in [0.4, 0.5) is 0 Å². The van der Waals surface area contributed by atoms with Crippen molar-refractivity contribution in [2.24, 2.45) is 5.73 Å². The fraction of sp³-hybridized carbons (Fsp3) is 0.200. The molecule has 0 bridgehead atoms. The molecule has 4 N–H and O–H groups in total. The van der Waals surface area contributed by atoms with Gasteiger partial charge in [-0.15, -0.1) is 0 Å². The highest BCUT2D eigenvalue weighted by Gasteiger charge is 2.03. The molecule has 0 unspecified atom stereocenters. The van der Waals surface area contributed by atoms with Crippen LogP contribution < -0.4 is 16.2 Å². The van der Waals surface area contributed by atoms with E-state index in [1.807, 2.05) is 18.2 Å². The van der Waals surface area contributed by atoms with Crippen LogP contribution in [-0.2, 0) is 0 Å². The van der Waals surface area contributed by atoms with Crippen molar-refractivity contribution in [3.05, 3.63) is 34.7 Å². The summed E-state index contributed by atoms with van der Waals surface area (Å²) in [7, 11) is 0. The van der Waals surface area contributed by atoms with Crippen LogP contribution in [-0.4, -0.2) is 28.3 Å². The van der Waals surface area contributed by atoms with Gasteiger partial charge in [-0.05, 0) is 12.1 Å². The lowest BCUT2D eigenvalue weighted by Gasteiger charge is -2.04. The third-order valence-electron chi connectivity index (χ3n) is 2.00. The van der Waals surface area contributed by atoms with Crippen LogP contribution in [0, 0.1) is 0 Å². The average Bonchev–Trinajstić information content (AvgIpc) is 2.74. The molecule has 1 aromatic heterocycles. The number of rotatable bonds is 4. The first-order valence-corrected chi connectivity index (χ1v) is 4.87. The minimum atomic E-state index is -0.330. The molecule has 0 radical (unpaired) electrons. The van der Waals surface area contributed by atoms with E-state index in [1.165, 1.54) is 0 Å². The van der Waals surface area contributed by atoms with Crippen LogP contribution in [0.15, 0.2) is 29.1 Å². The third-order valence-corrected chi connectivity index (χ3v) is 2.00. The topological polar surface area (TPSA) is 96.8 Å². The number of hydrogen-bond donors (Lipinski definition) is 3. The van der Waals surface area contributed by atoms with Crippen LogP contribution in [0.25, 0.3) is 11.4 Å². The summed E-state index contributed by atoms with van der Waals surface area (Å²) in [6.45, 7) is 0.921. The third kappa shape index (κ3) is 2.29. The lowest BCUT2D eigenvalue weighted by Crippen LogP contribution is -2.10. The molecule has 1 aromatic carbocycles. The molecule has 1 heterocycles. The zero-order valence-corrected chi connectivity index (χ0v) is 8.56. The second-order valence-corrected chi connectivity index (χ2v) is 3.19. The van der Waals surface area contributed by atoms with Crippen molar-refractivity contribution in [2.45, 2.75) is 0 Å².